The van der Waals surface area contributed by atoms with Gasteiger partial charge in [0.2, 0.25) is 0 Å². The maximum Gasteiger partial charge on any atom is 0.115 e. The molecule has 0 aliphatic carbocycles. The molecule has 0 atom stereocenters. The first-order valence-electron chi connectivity index (χ1n) is 6.32. The average Bonchev–Trinajstić information content (AvgIpc) is 2.85. The molecule has 4 nitrogen and oxygen atoms in total. The fourth-order valence-corrected chi connectivity index (χ4v) is 2.83. The molecule has 0 aliphatic rings. The third-order valence-electron chi connectivity index (χ3n) is 3.16. The molecule has 1 aromatic carbocycles. The Labute approximate surface area is 135 Å². The molecule has 6 heteroatoms. The summed E-state index contributed by atoms with van der Waals surface area (Å²) in [6, 6.07) is 9.74. The van der Waals surface area contributed by atoms with Crippen molar-refractivity contribution in [2.24, 2.45) is 0 Å². The van der Waals surface area contributed by atoms with Crippen LogP contribution in [0.25, 0.3) is 16.7 Å². The van der Waals surface area contributed by atoms with Gasteiger partial charge in [-0.25, -0.2) is 4.98 Å². The lowest BCUT2D eigenvalue weighted by Crippen LogP contribution is -2.04. The third kappa shape index (κ3) is 2.53. The number of nitrogens with zero attached hydrogens (tertiary/aromatic N) is 4. The van der Waals surface area contributed by atoms with Crippen LogP contribution < -0.4 is 0 Å². The molecule has 0 bridgehead atoms. The van der Waals surface area contributed by atoms with Crippen LogP contribution >= 0.6 is 27.5 Å². The fraction of sp³-hybridized carbons (Fsp3) is 0.133. The lowest BCUT2D eigenvalue weighted by Gasteiger charge is -2.10. The highest BCUT2D eigenvalue weighted by Crippen LogP contribution is 2.26. The van der Waals surface area contributed by atoms with Crippen molar-refractivity contribution in [3.05, 3.63) is 52.5 Å². The van der Waals surface area contributed by atoms with E-state index in [9.17, 15) is 5.26 Å². The number of imidazole rings is 1. The number of benzene rings is 1. The van der Waals surface area contributed by atoms with Gasteiger partial charge in [-0.1, -0.05) is 15.9 Å². The second-order valence-corrected chi connectivity index (χ2v) is 5.73. The van der Waals surface area contributed by atoms with Gasteiger partial charge in [-0.15, -0.1) is 11.6 Å². The predicted molar refractivity (Wildman–Crippen MR) is 85.7 cm³/mol. The van der Waals surface area contributed by atoms with Crippen LogP contribution in [0.1, 0.15) is 11.4 Å². The van der Waals surface area contributed by atoms with Crippen molar-refractivity contribution in [2.45, 2.75) is 6.42 Å². The zero-order valence-electron chi connectivity index (χ0n) is 10.9. The summed E-state index contributed by atoms with van der Waals surface area (Å²) in [7, 11) is 0. The molecular formula is C15H10BrClN4. The van der Waals surface area contributed by atoms with Crippen LogP contribution in [0.2, 0.25) is 0 Å². The second-order valence-electron chi connectivity index (χ2n) is 4.44. The highest BCUT2D eigenvalue weighted by molar-refractivity contribution is 9.10. The number of alkyl halides is 1. The summed E-state index contributed by atoms with van der Waals surface area (Å²) in [5, 5.41) is 9.39. The minimum absolute atomic E-state index is 0.467. The largest absolute Gasteiger partial charge is 0.295 e. The lowest BCUT2D eigenvalue weighted by molar-refractivity contribution is 0.910. The zero-order valence-corrected chi connectivity index (χ0v) is 13.3. The van der Waals surface area contributed by atoms with Crippen LogP contribution in [0, 0.1) is 11.3 Å². The summed E-state index contributed by atoms with van der Waals surface area (Å²) in [5.41, 5.74) is 3.10. The predicted octanol–water partition coefficient (Wildman–Crippen LogP) is 3.84. The zero-order chi connectivity index (χ0) is 14.8. The molecule has 104 valence electrons. The first kappa shape index (κ1) is 14.1. The maximum atomic E-state index is 9.39. The van der Waals surface area contributed by atoms with E-state index >= 15 is 0 Å². The number of fused-ring (bicyclic) bond motifs is 1. The molecule has 2 heterocycles. The summed E-state index contributed by atoms with van der Waals surface area (Å²) in [5.74, 6) is 1.29. The van der Waals surface area contributed by atoms with Crippen molar-refractivity contribution in [2.75, 3.05) is 5.88 Å². The number of pyridine rings is 1. The van der Waals surface area contributed by atoms with E-state index in [1.54, 1.807) is 18.5 Å². The molecule has 0 N–H and O–H groups in total. The SMILES string of the molecule is N#Cc1cc(Br)ccc1-n1c(CCCl)nc2cnccc21. The van der Waals surface area contributed by atoms with Crippen LogP contribution in [0.4, 0.5) is 0 Å². The Morgan fingerprint density at radius 1 is 1.33 bits per heavy atom. The molecule has 0 saturated heterocycles. The molecule has 3 rings (SSSR count). The van der Waals surface area contributed by atoms with E-state index in [0.29, 0.717) is 17.9 Å². The quantitative estimate of drug-likeness (QED) is 0.666. The van der Waals surface area contributed by atoms with Gasteiger partial charge < -0.3 is 0 Å². The van der Waals surface area contributed by atoms with Gasteiger partial charge in [0, 0.05) is 23.0 Å². The van der Waals surface area contributed by atoms with E-state index in [4.69, 9.17) is 11.6 Å². The maximum absolute atomic E-state index is 9.39. The second kappa shape index (κ2) is 5.84. The van der Waals surface area contributed by atoms with Gasteiger partial charge in [-0.3, -0.25) is 9.55 Å². The van der Waals surface area contributed by atoms with Crippen molar-refractivity contribution in [1.29, 1.82) is 5.26 Å². The van der Waals surface area contributed by atoms with E-state index in [-0.39, 0.29) is 0 Å². The van der Waals surface area contributed by atoms with Gasteiger partial charge >= 0.3 is 0 Å². The van der Waals surface area contributed by atoms with Crippen LogP contribution in [-0.4, -0.2) is 20.4 Å². The van der Waals surface area contributed by atoms with E-state index in [2.05, 4.69) is 32.0 Å². The molecule has 0 unspecified atom stereocenters. The Morgan fingerprint density at radius 3 is 2.95 bits per heavy atom. The molecule has 0 spiro atoms. The number of hydrogen-bond donors (Lipinski definition) is 0. The van der Waals surface area contributed by atoms with Crippen molar-refractivity contribution in [3.8, 4) is 11.8 Å². The van der Waals surface area contributed by atoms with Crippen molar-refractivity contribution in [3.63, 3.8) is 0 Å². The van der Waals surface area contributed by atoms with Crippen LogP contribution in [0.3, 0.4) is 0 Å². The molecule has 0 saturated carbocycles. The van der Waals surface area contributed by atoms with Crippen LogP contribution in [0.5, 0.6) is 0 Å². The Bertz CT molecular complexity index is 850. The molecular weight excluding hydrogens is 352 g/mol. The lowest BCUT2D eigenvalue weighted by atomic mass is 10.2. The number of aromatic nitrogens is 3. The Balaban J connectivity index is 2.33. The molecule has 0 fully saturated rings. The minimum atomic E-state index is 0.467. The van der Waals surface area contributed by atoms with Gasteiger partial charge in [-0.2, -0.15) is 5.26 Å². The first-order valence-corrected chi connectivity index (χ1v) is 7.64. The van der Waals surface area contributed by atoms with E-state index in [1.165, 1.54) is 0 Å². The van der Waals surface area contributed by atoms with Crippen LogP contribution in [0.15, 0.2) is 41.1 Å². The molecule has 0 amide bonds. The van der Waals surface area contributed by atoms with Crippen LogP contribution in [-0.2, 0) is 6.42 Å². The number of hydrogen-bond acceptors (Lipinski definition) is 3. The Morgan fingerprint density at radius 2 is 2.19 bits per heavy atom. The normalized spacial score (nSPS) is 10.7. The van der Waals surface area contributed by atoms with Gasteiger partial charge in [0.25, 0.3) is 0 Å². The molecule has 21 heavy (non-hydrogen) atoms. The minimum Gasteiger partial charge on any atom is -0.295 e. The van der Waals surface area contributed by atoms with Gasteiger partial charge in [0.1, 0.15) is 17.4 Å². The first-order chi connectivity index (χ1) is 10.2. The van der Waals surface area contributed by atoms with E-state index in [1.807, 2.05) is 22.8 Å². The molecule has 0 radical (unpaired) electrons. The van der Waals surface area contributed by atoms with Crippen molar-refractivity contribution >= 4 is 38.6 Å². The summed E-state index contributed by atoms with van der Waals surface area (Å²) in [6.07, 6.45) is 4.06. The topological polar surface area (TPSA) is 54.5 Å². The smallest absolute Gasteiger partial charge is 0.115 e. The highest BCUT2D eigenvalue weighted by atomic mass is 79.9. The average molecular weight is 362 g/mol. The summed E-state index contributed by atoms with van der Waals surface area (Å²) in [6.45, 7) is 0. The van der Waals surface area contributed by atoms with Gasteiger partial charge in [0.15, 0.2) is 0 Å². The number of rotatable bonds is 3. The summed E-state index contributed by atoms with van der Waals surface area (Å²) in [4.78, 5) is 8.67. The van der Waals surface area contributed by atoms with Gasteiger partial charge in [-0.05, 0) is 24.3 Å². The van der Waals surface area contributed by atoms with E-state index < -0.39 is 0 Å². The number of nitriles is 1. The third-order valence-corrected chi connectivity index (χ3v) is 3.85. The number of halogens is 2. The monoisotopic (exact) mass is 360 g/mol. The van der Waals surface area contributed by atoms with Gasteiger partial charge in [0.05, 0.1) is 23.0 Å². The fourth-order valence-electron chi connectivity index (χ4n) is 2.30. The number of aryl methyl sites for hydroxylation is 1. The molecule has 2 aromatic heterocycles. The van der Waals surface area contributed by atoms with E-state index in [0.717, 1.165) is 27.0 Å². The molecule has 3 aromatic rings. The molecule has 0 aliphatic heterocycles. The summed E-state index contributed by atoms with van der Waals surface area (Å²) >= 11 is 9.27. The summed E-state index contributed by atoms with van der Waals surface area (Å²) < 4.78 is 2.84. The Kier molecular flexibility index (Phi) is 3.91. The standard InChI is InChI=1S/C15H10BrClN4/c16-11-1-2-13(10(7-11)8-18)21-14-4-6-19-9-12(14)20-15(21)3-5-17/h1-2,4,6-7,9H,3,5H2. The van der Waals surface area contributed by atoms with Crippen molar-refractivity contribution < 1.29 is 0 Å². The Hall–Kier alpha value is -1.90. The van der Waals surface area contributed by atoms with Crippen molar-refractivity contribution in [1.82, 2.24) is 14.5 Å². The highest BCUT2D eigenvalue weighted by Gasteiger charge is 2.15.